The zero-order valence-corrected chi connectivity index (χ0v) is 15.7. The molecule has 25 heavy (non-hydrogen) atoms. The molecule has 0 aromatic carbocycles. The number of hydrogen-bond acceptors (Lipinski definition) is 5. The van der Waals surface area contributed by atoms with Gasteiger partial charge >= 0.3 is 0 Å². The van der Waals surface area contributed by atoms with Crippen molar-refractivity contribution in [2.45, 2.75) is 27.4 Å². The first-order chi connectivity index (χ1) is 12.0. The van der Waals surface area contributed by atoms with Crippen molar-refractivity contribution >= 4 is 18.2 Å². The molecule has 0 amide bonds. The molecule has 1 saturated heterocycles. The topological polar surface area (TPSA) is 62.2 Å². The molecule has 0 spiro atoms. The Morgan fingerprint density at radius 1 is 1.16 bits per heavy atom. The number of nitrogens with zero attached hydrogens (tertiary/aromatic N) is 5. The van der Waals surface area contributed by atoms with Crippen LogP contribution in [0.15, 0.2) is 18.5 Å². The largest absolute Gasteiger partial charge is 0.330 e. The Balaban J connectivity index is 1.76. The van der Waals surface area contributed by atoms with Crippen LogP contribution in [0.25, 0.3) is 0 Å². The molecule has 1 aliphatic heterocycles. The van der Waals surface area contributed by atoms with Crippen molar-refractivity contribution in [3.8, 4) is 6.07 Å². The molecule has 1 fully saturated rings. The number of quaternary nitrogens is 1. The molecule has 0 aliphatic carbocycles. The van der Waals surface area contributed by atoms with Gasteiger partial charge in [-0.25, -0.2) is 9.97 Å². The quantitative estimate of drug-likeness (QED) is 0.838. The van der Waals surface area contributed by atoms with E-state index in [2.05, 4.69) is 39.4 Å². The van der Waals surface area contributed by atoms with Gasteiger partial charge in [0.15, 0.2) is 6.67 Å². The van der Waals surface area contributed by atoms with Crippen LogP contribution in [0.3, 0.4) is 0 Å². The van der Waals surface area contributed by atoms with Gasteiger partial charge in [-0.2, -0.15) is 5.26 Å². The van der Waals surface area contributed by atoms with E-state index in [0.717, 1.165) is 55.6 Å². The number of rotatable bonds is 3. The van der Waals surface area contributed by atoms with E-state index in [1.807, 2.05) is 13.0 Å². The third-order valence-electron chi connectivity index (χ3n) is 5.14. The molecule has 2 aromatic heterocycles. The molecule has 2 aromatic rings. The van der Waals surface area contributed by atoms with Gasteiger partial charge in [-0.3, -0.25) is 4.57 Å². The average Bonchev–Trinajstić information content (AvgIpc) is 2.65. The number of hydrogen-bond donors (Lipinski definition) is 1. The molecule has 0 bridgehead atoms. The maximum absolute atomic E-state index is 9.45. The maximum Gasteiger partial charge on any atom is 0.225 e. The molecule has 1 N–H and O–H groups in total. The number of nitrogens with one attached hydrogen (secondary N) is 1. The van der Waals surface area contributed by atoms with Crippen LogP contribution in [0, 0.1) is 36.7 Å². The minimum Gasteiger partial charge on any atom is -0.330 e. The van der Waals surface area contributed by atoms with Crippen LogP contribution in [-0.2, 0) is 6.67 Å². The molecule has 0 atom stereocenters. The number of nitriles is 1. The molecule has 1 aliphatic rings. The fourth-order valence-electron chi connectivity index (χ4n) is 3.29. The molecule has 7 heteroatoms. The van der Waals surface area contributed by atoms with Gasteiger partial charge in [0.25, 0.3) is 0 Å². The van der Waals surface area contributed by atoms with Gasteiger partial charge in [-0.1, -0.05) is 12.2 Å². The van der Waals surface area contributed by atoms with E-state index in [-0.39, 0.29) is 0 Å². The van der Waals surface area contributed by atoms with E-state index in [1.165, 1.54) is 4.90 Å². The van der Waals surface area contributed by atoms with E-state index in [9.17, 15) is 5.26 Å². The van der Waals surface area contributed by atoms with Gasteiger partial charge in [0.1, 0.15) is 10.7 Å². The molecule has 0 radical (unpaired) electrons. The summed E-state index contributed by atoms with van der Waals surface area (Å²) in [6, 6.07) is 4.11. The Morgan fingerprint density at radius 2 is 1.80 bits per heavy atom. The second-order valence-electron chi connectivity index (χ2n) is 6.50. The second kappa shape index (κ2) is 7.30. The highest BCUT2D eigenvalue weighted by atomic mass is 32.1. The lowest BCUT2D eigenvalue weighted by Crippen LogP contribution is -3.14. The van der Waals surface area contributed by atoms with Crippen molar-refractivity contribution in [2.24, 2.45) is 0 Å². The highest BCUT2D eigenvalue weighted by Gasteiger charge is 2.23. The van der Waals surface area contributed by atoms with Crippen molar-refractivity contribution < 1.29 is 4.90 Å². The summed E-state index contributed by atoms with van der Waals surface area (Å²) >= 11 is 5.59. The SMILES string of the molecule is Cc1c(C)c(C)n(C[NH+]2CCN(c3ncccn3)CC2)c(=S)c1C#N. The summed E-state index contributed by atoms with van der Waals surface area (Å²) < 4.78 is 2.78. The Hall–Kier alpha value is -2.30. The monoisotopic (exact) mass is 355 g/mol. The molecule has 130 valence electrons. The van der Waals surface area contributed by atoms with E-state index < -0.39 is 0 Å². The summed E-state index contributed by atoms with van der Waals surface area (Å²) in [6.45, 7) is 10.8. The maximum atomic E-state index is 9.45. The number of pyridine rings is 1. The van der Waals surface area contributed by atoms with Gasteiger partial charge < -0.3 is 9.80 Å². The summed E-state index contributed by atoms with van der Waals surface area (Å²) in [5.74, 6) is 0.798. The zero-order valence-electron chi connectivity index (χ0n) is 14.9. The lowest BCUT2D eigenvalue weighted by Gasteiger charge is -2.33. The summed E-state index contributed by atoms with van der Waals surface area (Å²) in [7, 11) is 0. The van der Waals surface area contributed by atoms with Gasteiger partial charge in [0.2, 0.25) is 5.95 Å². The first-order valence-corrected chi connectivity index (χ1v) is 8.90. The Morgan fingerprint density at radius 3 is 2.40 bits per heavy atom. The Bertz CT molecular complexity index is 860. The van der Waals surface area contributed by atoms with Gasteiger partial charge in [0, 0.05) is 18.1 Å². The lowest BCUT2D eigenvalue weighted by atomic mass is 10.0. The first-order valence-electron chi connectivity index (χ1n) is 8.49. The summed E-state index contributed by atoms with van der Waals surface area (Å²) in [4.78, 5) is 12.3. The third-order valence-corrected chi connectivity index (χ3v) is 5.57. The fourth-order valence-corrected chi connectivity index (χ4v) is 3.69. The van der Waals surface area contributed by atoms with Crippen LogP contribution >= 0.6 is 12.2 Å². The number of aromatic nitrogens is 3. The smallest absolute Gasteiger partial charge is 0.225 e. The Labute approximate surface area is 153 Å². The van der Waals surface area contributed by atoms with E-state index in [1.54, 1.807) is 12.4 Å². The number of anilines is 1. The molecular formula is C18H23N6S+. The van der Waals surface area contributed by atoms with Crippen LogP contribution in [0.5, 0.6) is 0 Å². The lowest BCUT2D eigenvalue weighted by molar-refractivity contribution is -0.923. The van der Waals surface area contributed by atoms with Crippen LogP contribution in [-0.4, -0.2) is 40.7 Å². The molecule has 0 unspecified atom stereocenters. The van der Waals surface area contributed by atoms with Gasteiger partial charge in [0.05, 0.1) is 31.7 Å². The van der Waals surface area contributed by atoms with E-state index in [4.69, 9.17) is 12.2 Å². The van der Waals surface area contributed by atoms with E-state index in [0.29, 0.717) is 10.2 Å². The van der Waals surface area contributed by atoms with Gasteiger partial charge in [-0.15, -0.1) is 0 Å². The highest BCUT2D eigenvalue weighted by Crippen LogP contribution is 2.18. The molecule has 0 saturated carbocycles. The normalized spacial score (nSPS) is 15.2. The fraction of sp³-hybridized carbons (Fsp3) is 0.444. The van der Waals surface area contributed by atoms with Crippen molar-refractivity contribution in [1.29, 1.82) is 5.26 Å². The van der Waals surface area contributed by atoms with Crippen LogP contribution in [0.2, 0.25) is 0 Å². The predicted octanol–water partition coefficient (Wildman–Crippen LogP) is 1.17. The van der Waals surface area contributed by atoms with Crippen molar-refractivity contribution in [1.82, 2.24) is 14.5 Å². The zero-order chi connectivity index (χ0) is 18.0. The van der Waals surface area contributed by atoms with Crippen molar-refractivity contribution in [3.05, 3.63) is 45.5 Å². The minimum atomic E-state index is 0.633. The second-order valence-corrected chi connectivity index (χ2v) is 6.89. The van der Waals surface area contributed by atoms with Crippen molar-refractivity contribution in [3.63, 3.8) is 0 Å². The standard InChI is InChI=1S/C18H22N6S/c1-13-14(2)16(11-19)17(25)24(15(13)3)12-22-7-9-23(10-8-22)18-20-5-4-6-21-18/h4-6H,7-10,12H2,1-3H3/p+1. The number of piperazine rings is 1. The van der Waals surface area contributed by atoms with Gasteiger partial charge in [-0.05, 0) is 38.0 Å². The molecule has 6 nitrogen and oxygen atoms in total. The Kier molecular flexibility index (Phi) is 5.11. The van der Waals surface area contributed by atoms with Crippen molar-refractivity contribution in [2.75, 3.05) is 31.1 Å². The van der Waals surface area contributed by atoms with Crippen LogP contribution in [0.1, 0.15) is 22.4 Å². The summed E-state index contributed by atoms with van der Waals surface area (Å²) in [5, 5.41) is 9.45. The predicted molar refractivity (Wildman–Crippen MR) is 99.1 cm³/mol. The summed E-state index contributed by atoms with van der Waals surface area (Å²) in [6.07, 6.45) is 3.56. The van der Waals surface area contributed by atoms with Crippen LogP contribution in [0.4, 0.5) is 5.95 Å². The third kappa shape index (κ3) is 3.41. The average molecular weight is 355 g/mol. The highest BCUT2D eigenvalue weighted by molar-refractivity contribution is 7.71. The van der Waals surface area contributed by atoms with Crippen LogP contribution < -0.4 is 9.80 Å². The molecule has 3 heterocycles. The van der Waals surface area contributed by atoms with E-state index >= 15 is 0 Å². The molecule has 3 rings (SSSR count). The first kappa shape index (κ1) is 17.5. The summed E-state index contributed by atoms with van der Waals surface area (Å²) in [5.41, 5.74) is 3.94. The molecular weight excluding hydrogens is 332 g/mol. The minimum absolute atomic E-state index is 0.633.